The minimum absolute atomic E-state index is 0.285. The van der Waals surface area contributed by atoms with Gasteiger partial charge in [0.1, 0.15) is 18.5 Å². The third kappa shape index (κ3) is 6.78. The van der Waals surface area contributed by atoms with Gasteiger partial charge in [-0.25, -0.2) is 0 Å². The molecule has 2 N–H and O–H groups in total. The van der Waals surface area contributed by atoms with Crippen molar-refractivity contribution in [1.29, 1.82) is 0 Å². The molecule has 0 radical (unpaired) electrons. The minimum Gasteiger partial charge on any atom is -0.491 e. The minimum atomic E-state index is -0.495. The Bertz CT molecular complexity index is 729. The molecule has 1 saturated heterocycles. The summed E-state index contributed by atoms with van der Waals surface area (Å²) < 4.78 is 7.73. The summed E-state index contributed by atoms with van der Waals surface area (Å²) in [5, 5.41) is 18.7. The Morgan fingerprint density at radius 1 is 1.21 bits per heavy atom. The molecule has 0 saturated carbocycles. The van der Waals surface area contributed by atoms with Crippen LogP contribution in [0.5, 0.6) is 5.75 Å². The molecule has 1 fully saturated rings. The topological polar surface area (TPSA) is 62.6 Å². The van der Waals surface area contributed by atoms with Gasteiger partial charge < -0.3 is 20.1 Å². The van der Waals surface area contributed by atoms with Crippen molar-refractivity contribution in [2.45, 2.75) is 44.9 Å². The molecular formula is C21H31ClN4O2. The average molecular weight is 407 g/mol. The van der Waals surface area contributed by atoms with Crippen molar-refractivity contribution in [1.82, 2.24) is 20.0 Å². The van der Waals surface area contributed by atoms with Gasteiger partial charge in [-0.3, -0.25) is 4.68 Å². The fourth-order valence-electron chi connectivity index (χ4n) is 3.59. The van der Waals surface area contributed by atoms with E-state index in [0.717, 1.165) is 36.5 Å². The number of rotatable bonds is 9. The predicted molar refractivity (Wildman–Crippen MR) is 112 cm³/mol. The molecule has 0 bridgehead atoms. The Labute approximate surface area is 172 Å². The summed E-state index contributed by atoms with van der Waals surface area (Å²) in [6.07, 6.45) is 8.37. The monoisotopic (exact) mass is 406 g/mol. The molecule has 154 valence electrons. The van der Waals surface area contributed by atoms with Crippen LogP contribution in [0, 0.1) is 0 Å². The molecule has 28 heavy (non-hydrogen) atoms. The third-order valence-corrected chi connectivity index (χ3v) is 5.26. The number of aryl methyl sites for hydroxylation is 1. The lowest BCUT2D eigenvalue weighted by molar-refractivity contribution is 0.0690. The maximum atomic E-state index is 10.4. The van der Waals surface area contributed by atoms with Gasteiger partial charge in [-0.1, -0.05) is 24.4 Å². The van der Waals surface area contributed by atoms with Crippen molar-refractivity contribution >= 4 is 11.6 Å². The van der Waals surface area contributed by atoms with Crippen LogP contribution in [-0.2, 0) is 20.1 Å². The number of hydrogen-bond acceptors (Lipinski definition) is 5. The molecule has 1 unspecified atom stereocenters. The van der Waals surface area contributed by atoms with Crippen LogP contribution in [0.3, 0.4) is 0 Å². The Morgan fingerprint density at radius 3 is 2.71 bits per heavy atom. The lowest BCUT2D eigenvalue weighted by Gasteiger charge is -2.23. The number of aliphatic hydroxyl groups is 1. The second-order valence-corrected chi connectivity index (χ2v) is 7.99. The molecular weight excluding hydrogens is 376 g/mol. The summed E-state index contributed by atoms with van der Waals surface area (Å²) in [6, 6.07) is 5.61. The van der Waals surface area contributed by atoms with Crippen LogP contribution in [0.15, 0.2) is 30.6 Å². The van der Waals surface area contributed by atoms with Crippen molar-refractivity contribution in [2.24, 2.45) is 7.05 Å². The Kier molecular flexibility index (Phi) is 8.15. The number of ether oxygens (including phenoxy) is 1. The summed E-state index contributed by atoms with van der Waals surface area (Å²) in [7, 11) is 1.91. The average Bonchev–Trinajstić information content (AvgIpc) is 2.92. The quantitative estimate of drug-likeness (QED) is 0.670. The molecule has 2 aromatic rings. The molecule has 0 amide bonds. The van der Waals surface area contributed by atoms with Crippen molar-refractivity contribution in [3.05, 3.63) is 46.7 Å². The molecule has 7 heteroatoms. The number of nitrogens with zero attached hydrogens (tertiary/aromatic N) is 3. The van der Waals surface area contributed by atoms with Crippen molar-refractivity contribution < 1.29 is 9.84 Å². The summed E-state index contributed by atoms with van der Waals surface area (Å²) in [4.78, 5) is 2.35. The number of aromatic nitrogens is 2. The van der Waals surface area contributed by atoms with Crippen molar-refractivity contribution in [2.75, 3.05) is 26.2 Å². The molecule has 2 heterocycles. The van der Waals surface area contributed by atoms with Gasteiger partial charge in [0.15, 0.2) is 0 Å². The smallest absolute Gasteiger partial charge is 0.124 e. The van der Waals surface area contributed by atoms with E-state index in [2.05, 4.69) is 15.3 Å². The van der Waals surface area contributed by atoms with E-state index in [4.69, 9.17) is 16.3 Å². The largest absolute Gasteiger partial charge is 0.491 e. The molecule has 1 aromatic heterocycles. The zero-order valence-corrected chi connectivity index (χ0v) is 17.4. The van der Waals surface area contributed by atoms with Crippen LogP contribution >= 0.6 is 11.6 Å². The van der Waals surface area contributed by atoms with Gasteiger partial charge in [-0.2, -0.15) is 5.10 Å². The van der Waals surface area contributed by atoms with Gasteiger partial charge in [0, 0.05) is 49.0 Å². The van der Waals surface area contributed by atoms with Crippen LogP contribution in [0.25, 0.3) is 0 Å². The normalized spacial score (nSPS) is 16.7. The van der Waals surface area contributed by atoms with E-state index >= 15 is 0 Å². The maximum absolute atomic E-state index is 10.4. The third-order valence-electron chi connectivity index (χ3n) is 5.02. The van der Waals surface area contributed by atoms with Crippen molar-refractivity contribution in [3.8, 4) is 5.75 Å². The summed E-state index contributed by atoms with van der Waals surface area (Å²) in [5.74, 6) is 0.762. The molecule has 1 aromatic carbocycles. The summed E-state index contributed by atoms with van der Waals surface area (Å²) in [5.41, 5.74) is 2.11. The maximum Gasteiger partial charge on any atom is 0.124 e. The SMILES string of the molecule is Cn1cc(CNCc2cc(Cl)ccc2OCC(O)CN2CCCCCC2)cn1. The second-order valence-electron chi connectivity index (χ2n) is 7.56. The van der Waals surface area contributed by atoms with E-state index in [9.17, 15) is 5.11 Å². The number of likely N-dealkylation sites (tertiary alicyclic amines) is 1. The van der Waals surface area contributed by atoms with E-state index in [1.54, 1.807) is 4.68 Å². The number of halogens is 1. The van der Waals surface area contributed by atoms with Crippen LogP contribution < -0.4 is 10.1 Å². The van der Waals surface area contributed by atoms with Crippen LogP contribution in [0.1, 0.15) is 36.8 Å². The number of β-amino-alcohol motifs (C(OH)–C–C–N with tert-alkyl or cyclic N) is 1. The molecule has 0 aliphatic carbocycles. The van der Waals surface area contributed by atoms with Gasteiger partial charge in [0.2, 0.25) is 0 Å². The standard InChI is InChI=1S/C21H31ClN4O2/c1-25-14-17(12-24-25)11-23-13-18-10-19(22)6-7-21(18)28-16-20(27)15-26-8-4-2-3-5-9-26/h6-7,10,12,14,20,23,27H,2-5,8-9,11,13,15-16H2,1H3. The van der Waals surface area contributed by atoms with Crippen LogP contribution in [0.4, 0.5) is 0 Å². The Hall–Kier alpha value is -1.60. The summed E-state index contributed by atoms with van der Waals surface area (Å²) in [6.45, 7) is 4.45. The van der Waals surface area contributed by atoms with Gasteiger partial charge in [-0.05, 0) is 44.1 Å². The first-order valence-corrected chi connectivity index (χ1v) is 10.5. The molecule has 0 spiro atoms. The first-order valence-electron chi connectivity index (χ1n) is 10.1. The molecule has 6 nitrogen and oxygen atoms in total. The zero-order valence-electron chi connectivity index (χ0n) is 16.6. The van der Waals surface area contributed by atoms with Crippen LogP contribution in [0.2, 0.25) is 5.02 Å². The fraction of sp³-hybridized carbons (Fsp3) is 0.571. The van der Waals surface area contributed by atoms with Crippen LogP contribution in [-0.4, -0.2) is 52.1 Å². The zero-order chi connectivity index (χ0) is 19.8. The predicted octanol–water partition coefficient (Wildman–Crippen LogP) is 2.98. The second kappa shape index (κ2) is 10.8. The first-order chi connectivity index (χ1) is 13.6. The molecule has 3 rings (SSSR count). The van der Waals surface area contributed by atoms with Gasteiger partial charge in [0.25, 0.3) is 0 Å². The van der Waals surface area contributed by atoms with Gasteiger partial charge in [0.05, 0.1) is 6.20 Å². The number of benzene rings is 1. The number of aliphatic hydroxyl groups excluding tert-OH is 1. The highest BCUT2D eigenvalue weighted by Gasteiger charge is 2.15. The molecule has 1 aliphatic heterocycles. The lowest BCUT2D eigenvalue weighted by atomic mass is 10.2. The van der Waals surface area contributed by atoms with Gasteiger partial charge >= 0.3 is 0 Å². The van der Waals surface area contributed by atoms with E-state index in [-0.39, 0.29) is 6.61 Å². The number of hydrogen-bond donors (Lipinski definition) is 2. The fourth-order valence-corrected chi connectivity index (χ4v) is 3.78. The highest BCUT2D eigenvalue weighted by Crippen LogP contribution is 2.23. The Balaban J connectivity index is 1.49. The van der Waals surface area contributed by atoms with E-state index < -0.39 is 6.10 Å². The molecule has 1 aliphatic rings. The summed E-state index contributed by atoms with van der Waals surface area (Å²) >= 11 is 6.17. The lowest BCUT2D eigenvalue weighted by Crippen LogP contribution is -2.36. The highest BCUT2D eigenvalue weighted by atomic mass is 35.5. The van der Waals surface area contributed by atoms with Crippen molar-refractivity contribution in [3.63, 3.8) is 0 Å². The van der Waals surface area contributed by atoms with E-state index in [1.165, 1.54) is 25.7 Å². The molecule has 1 atom stereocenters. The van der Waals surface area contributed by atoms with Gasteiger partial charge in [-0.15, -0.1) is 0 Å². The van der Waals surface area contributed by atoms with E-state index in [1.807, 2.05) is 37.6 Å². The highest BCUT2D eigenvalue weighted by molar-refractivity contribution is 6.30. The Morgan fingerprint density at radius 2 is 2.00 bits per heavy atom. The first kappa shape index (κ1) is 21.1. The number of nitrogens with one attached hydrogen (secondary N) is 1. The van der Waals surface area contributed by atoms with E-state index in [0.29, 0.717) is 18.1 Å².